The molecule has 1 amide bonds. The highest BCUT2D eigenvalue weighted by atomic mass is 35.5. The number of halogens is 4. The number of rotatable bonds is 4. The number of alkyl halides is 3. The first-order valence-electron chi connectivity index (χ1n) is 6.86. The molecule has 0 spiro atoms. The van der Waals surface area contributed by atoms with Gasteiger partial charge in [-0.3, -0.25) is 4.79 Å². The van der Waals surface area contributed by atoms with Crippen molar-refractivity contribution in [1.82, 2.24) is 14.7 Å². The van der Waals surface area contributed by atoms with E-state index in [0.29, 0.717) is 11.5 Å². The van der Waals surface area contributed by atoms with E-state index in [0.717, 1.165) is 12.3 Å². The first-order chi connectivity index (χ1) is 11.3. The summed E-state index contributed by atoms with van der Waals surface area (Å²) in [5.74, 6) is 0.262. The minimum absolute atomic E-state index is 0.0833. The van der Waals surface area contributed by atoms with Gasteiger partial charge in [0, 0.05) is 12.4 Å². The van der Waals surface area contributed by atoms with E-state index in [1.807, 2.05) is 0 Å². The van der Waals surface area contributed by atoms with Crippen LogP contribution in [0.3, 0.4) is 0 Å². The normalized spacial score (nSPS) is 11.8. The quantitative estimate of drug-likeness (QED) is 0.778. The van der Waals surface area contributed by atoms with Crippen LogP contribution in [0.2, 0.25) is 5.02 Å². The maximum Gasteiger partial charge on any atom is 0.417 e. The molecule has 3 aromatic rings. The number of nitrogens with one attached hydrogen (secondary N) is 1. The maximum absolute atomic E-state index is 12.8. The Morgan fingerprint density at radius 2 is 2.17 bits per heavy atom. The number of furan rings is 1. The molecule has 9 heteroatoms. The van der Waals surface area contributed by atoms with Crippen molar-refractivity contribution < 1.29 is 22.4 Å². The molecule has 126 valence electrons. The molecule has 5 nitrogen and oxygen atoms in total. The van der Waals surface area contributed by atoms with Crippen LogP contribution in [0.5, 0.6) is 0 Å². The summed E-state index contributed by atoms with van der Waals surface area (Å²) in [5.41, 5.74) is -0.405. The van der Waals surface area contributed by atoms with Gasteiger partial charge in [-0.2, -0.15) is 13.2 Å². The molecule has 0 aliphatic heterocycles. The number of amides is 1. The van der Waals surface area contributed by atoms with Crippen LogP contribution < -0.4 is 5.32 Å². The Morgan fingerprint density at radius 1 is 1.38 bits per heavy atom. The lowest BCUT2D eigenvalue weighted by Crippen LogP contribution is -2.24. The number of carbonyl (C=O) groups excluding carboxylic acids is 1. The lowest BCUT2D eigenvalue weighted by atomic mass is 10.3. The molecule has 0 aromatic carbocycles. The number of pyridine rings is 1. The van der Waals surface area contributed by atoms with Crippen LogP contribution in [0.4, 0.5) is 13.2 Å². The molecule has 3 aromatic heterocycles. The van der Waals surface area contributed by atoms with Crippen molar-refractivity contribution in [3.8, 4) is 0 Å². The SMILES string of the molecule is O=C(Cc1cn2cc(C(F)(F)F)cc(Cl)c2n1)NCc1ccco1. The second-order valence-electron chi connectivity index (χ2n) is 5.07. The Kier molecular flexibility index (Phi) is 4.23. The number of aromatic nitrogens is 2. The Morgan fingerprint density at radius 3 is 2.83 bits per heavy atom. The topological polar surface area (TPSA) is 59.5 Å². The zero-order valence-corrected chi connectivity index (χ0v) is 12.9. The van der Waals surface area contributed by atoms with Gasteiger partial charge in [0.25, 0.3) is 0 Å². The van der Waals surface area contributed by atoms with Crippen LogP contribution >= 0.6 is 11.6 Å². The standard InChI is InChI=1S/C15H11ClF3N3O2/c16-12-4-9(15(17,18)19)7-22-8-10(21-14(12)22)5-13(23)20-6-11-2-1-3-24-11/h1-4,7-8H,5-6H2,(H,20,23). The molecule has 3 rings (SSSR count). The number of imidazole rings is 1. The molecule has 0 saturated heterocycles. The van der Waals surface area contributed by atoms with Gasteiger partial charge in [0.1, 0.15) is 5.76 Å². The van der Waals surface area contributed by atoms with Gasteiger partial charge >= 0.3 is 6.18 Å². The van der Waals surface area contributed by atoms with E-state index in [9.17, 15) is 18.0 Å². The minimum Gasteiger partial charge on any atom is -0.467 e. The number of fused-ring (bicyclic) bond motifs is 1. The highest BCUT2D eigenvalue weighted by molar-refractivity contribution is 6.33. The van der Waals surface area contributed by atoms with Crippen molar-refractivity contribution in [2.24, 2.45) is 0 Å². The predicted octanol–water partition coefficient (Wildman–Crippen LogP) is 3.46. The summed E-state index contributed by atoms with van der Waals surface area (Å²) in [5, 5.41) is 2.50. The number of carbonyl (C=O) groups is 1. The zero-order valence-electron chi connectivity index (χ0n) is 12.1. The molecule has 1 N–H and O–H groups in total. The molecule has 3 heterocycles. The Hall–Kier alpha value is -2.48. The lowest BCUT2D eigenvalue weighted by molar-refractivity contribution is -0.137. The van der Waals surface area contributed by atoms with Gasteiger partial charge in [-0.05, 0) is 18.2 Å². The van der Waals surface area contributed by atoms with E-state index in [2.05, 4.69) is 10.3 Å². The van der Waals surface area contributed by atoms with E-state index in [4.69, 9.17) is 16.0 Å². The Balaban J connectivity index is 1.75. The summed E-state index contributed by atoms with van der Waals surface area (Å²) in [4.78, 5) is 16.0. The fourth-order valence-electron chi connectivity index (χ4n) is 2.17. The van der Waals surface area contributed by atoms with E-state index < -0.39 is 11.7 Å². The van der Waals surface area contributed by atoms with E-state index in [-0.39, 0.29) is 29.5 Å². The summed E-state index contributed by atoms with van der Waals surface area (Å²) in [6.45, 7) is 0.220. The summed E-state index contributed by atoms with van der Waals surface area (Å²) in [6.07, 6.45) is -0.867. The van der Waals surface area contributed by atoms with E-state index in [1.54, 1.807) is 12.1 Å². The summed E-state index contributed by atoms with van der Waals surface area (Å²) in [6, 6.07) is 4.22. The highest BCUT2D eigenvalue weighted by Crippen LogP contribution is 2.32. The zero-order chi connectivity index (χ0) is 17.3. The fourth-order valence-corrected chi connectivity index (χ4v) is 2.43. The summed E-state index contributed by atoms with van der Waals surface area (Å²) < 4.78 is 44.6. The van der Waals surface area contributed by atoms with Crippen LogP contribution in [0.1, 0.15) is 17.0 Å². The number of nitrogens with zero attached hydrogens (tertiary/aromatic N) is 2. The molecule has 0 atom stereocenters. The fraction of sp³-hybridized carbons (Fsp3) is 0.200. The Labute approximate surface area is 139 Å². The molecule has 0 fully saturated rings. The largest absolute Gasteiger partial charge is 0.467 e. The smallest absolute Gasteiger partial charge is 0.417 e. The van der Waals surface area contributed by atoms with Crippen LogP contribution in [0.15, 0.2) is 41.3 Å². The van der Waals surface area contributed by atoms with Gasteiger partial charge in [0.05, 0.1) is 35.5 Å². The second-order valence-corrected chi connectivity index (χ2v) is 5.48. The average molecular weight is 358 g/mol. The summed E-state index contributed by atoms with van der Waals surface area (Å²) >= 11 is 5.85. The molecular weight excluding hydrogens is 347 g/mol. The van der Waals surface area contributed by atoms with Gasteiger partial charge in [0.15, 0.2) is 5.65 Å². The third-order valence-corrected chi connectivity index (χ3v) is 3.54. The van der Waals surface area contributed by atoms with Crippen LogP contribution in [0.25, 0.3) is 5.65 Å². The van der Waals surface area contributed by atoms with Gasteiger partial charge < -0.3 is 14.1 Å². The molecule has 0 radical (unpaired) electrons. The number of hydrogen-bond donors (Lipinski definition) is 1. The molecule has 0 saturated carbocycles. The molecule has 24 heavy (non-hydrogen) atoms. The Bertz CT molecular complexity index is 872. The minimum atomic E-state index is -4.51. The molecule has 0 bridgehead atoms. The van der Waals surface area contributed by atoms with Gasteiger partial charge in [0.2, 0.25) is 5.91 Å². The monoisotopic (exact) mass is 357 g/mol. The third kappa shape index (κ3) is 3.53. The first-order valence-corrected chi connectivity index (χ1v) is 7.24. The molecule has 0 aliphatic rings. The molecular formula is C15H11ClF3N3O2. The van der Waals surface area contributed by atoms with Crippen molar-refractivity contribution in [2.45, 2.75) is 19.1 Å². The van der Waals surface area contributed by atoms with E-state index in [1.165, 1.54) is 16.9 Å². The van der Waals surface area contributed by atoms with Crippen LogP contribution in [-0.4, -0.2) is 15.3 Å². The van der Waals surface area contributed by atoms with Crippen LogP contribution in [0, 0.1) is 0 Å². The summed E-state index contributed by atoms with van der Waals surface area (Å²) in [7, 11) is 0. The molecule has 0 aliphatic carbocycles. The van der Waals surface area contributed by atoms with Gasteiger partial charge in [-0.15, -0.1) is 0 Å². The van der Waals surface area contributed by atoms with Crippen molar-refractivity contribution in [3.63, 3.8) is 0 Å². The maximum atomic E-state index is 12.8. The highest BCUT2D eigenvalue weighted by Gasteiger charge is 2.31. The van der Waals surface area contributed by atoms with Crippen molar-refractivity contribution in [2.75, 3.05) is 0 Å². The number of hydrogen-bond acceptors (Lipinski definition) is 3. The average Bonchev–Trinajstić information content (AvgIpc) is 3.13. The van der Waals surface area contributed by atoms with Gasteiger partial charge in [-0.25, -0.2) is 4.98 Å². The molecule has 0 unspecified atom stereocenters. The first kappa shape index (κ1) is 16.4. The van der Waals surface area contributed by atoms with Crippen LogP contribution in [-0.2, 0) is 23.9 Å². The van der Waals surface area contributed by atoms with Crippen molar-refractivity contribution in [3.05, 3.63) is 58.9 Å². The van der Waals surface area contributed by atoms with Crippen molar-refractivity contribution >= 4 is 23.2 Å². The predicted molar refractivity (Wildman–Crippen MR) is 79.5 cm³/mol. The van der Waals surface area contributed by atoms with Gasteiger partial charge in [-0.1, -0.05) is 11.6 Å². The second kappa shape index (κ2) is 6.20. The lowest BCUT2D eigenvalue weighted by Gasteiger charge is -2.07. The van der Waals surface area contributed by atoms with E-state index >= 15 is 0 Å². The third-order valence-electron chi connectivity index (χ3n) is 3.27. The van der Waals surface area contributed by atoms with Crippen molar-refractivity contribution in [1.29, 1.82) is 0 Å².